The van der Waals surface area contributed by atoms with Crippen LogP contribution in [-0.2, 0) is 0 Å². The van der Waals surface area contributed by atoms with Gasteiger partial charge in [-0.15, -0.1) is 11.3 Å². The number of aromatic nitrogens is 1. The summed E-state index contributed by atoms with van der Waals surface area (Å²) in [6.45, 7) is 0. The first-order valence-electron chi connectivity index (χ1n) is 7.67. The lowest BCUT2D eigenvalue weighted by atomic mass is 9.96. The van der Waals surface area contributed by atoms with Crippen LogP contribution < -0.4 is 0 Å². The fraction of sp³-hybridized carbons (Fsp3) is 0. The Morgan fingerprint density at radius 2 is 1.30 bits per heavy atom. The van der Waals surface area contributed by atoms with Crippen molar-refractivity contribution >= 4 is 32.3 Å². The van der Waals surface area contributed by atoms with Gasteiger partial charge in [-0.1, -0.05) is 66.7 Å². The maximum absolute atomic E-state index is 4.87. The SMILES string of the molecule is c1ccc(-c2c3c4ccccc4nc-3sc3ccccc23)cc1. The molecule has 0 saturated heterocycles. The van der Waals surface area contributed by atoms with Crippen LogP contribution in [0.15, 0.2) is 78.9 Å². The molecule has 3 aromatic rings. The number of nitrogens with zero attached hydrogens (tertiary/aromatic N) is 1. The minimum atomic E-state index is 1.08. The van der Waals surface area contributed by atoms with Crippen LogP contribution in [0.3, 0.4) is 0 Å². The normalized spacial score (nSPS) is 11.5. The van der Waals surface area contributed by atoms with Gasteiger partial charge in [0.15, 0.2) is 0 Å². The summed E-state index contributed by atoms with van der Waals surface area (Å²) in [7, 11) is 0. The van der Waals surface area contributed by atoms with E-state index in [2.05, 4.69) is 78.9 Å². The van der Waals surface area contributed by atoms with E-state index in [-0.39, 0.29) is 0 Å². The number of fused-ring (bicyclic) bond motifs is 4. The van der Waals surface area contributed by atoms with E-state index in [1.165, 1.54) is 32.2 Å². The quantitative estimate of drug-likeness (QED) is 0.358. The lowest BCUT2D eigenvalue weighted by Crippen LogP contribution is -1.86. The van der Waals surface area contributed by atoms with Crippen LogP contribution in [0, 0.1) is 0 Å². The van der Waals surface area contributed by atoms with Crippen molar-refractivity contribution in [1.29, 1.82) is 0 Å². The van der Waals surface area contributed by atoms with Crippen LogP contribution in [0.5, 0.6) is 0 Å². The molecule has 0 aromatic heterocycles. The second-order valence-corrected chi connectivity index (χ2v) is 6.68. The van der Waals surface area contributed by atoms with E-state index in [9.17, 15) is 0 Å². The van der Waals surface area contributed by atoms with Gasteiger partial charge in [-0.25, -0.2) is 4.98 Å². The molecule has 3 aromatic carbocycles. The molecular formula is C21H13NS. The molecule has 108 valence electrons. The van der Waals surface area contributed by atoms with Crippen molar-refractivity contribution in [2.75, 3.05) is 0 Å². The molecule has 0 aliphatic carbocycles. The fourth-order valence-electron chi connectivity index (χ4n) is 3.28. The van der Waals surface area contributed by atoms with Gasteiger partial charge in [0.05, 0.1) is 5.52 Å². The van der Waals surface area contributed by atoms with Gasteiger partial charge in [0, 0.05) is 26.6 Å². The minimum Gasteiger partial charge on any atom is -0.237 e. The van der Waals surface area contributed by atoms with Gasteiger partial charge in [0.2, 0.25) is 0 Å². The largest absolute Gasteiger partial charge is 0.237 e. The summed E-state index contributed by atoms with van der Waals surface area (Å²) in [4.78, 5) is 4.87. The predicted molar refractivity (Wildman–Crippen MR) is 99.2 cm³/mol. The average molecular weight is 311 g/mol. The van der Waals surface area contributed by atoms with Crippen molar-refractivity contribution < 1.29 is 0 Å². The maximum atomic E-state index is 4.87. The molecule has 2 heteroatoms. The van der Waals surface area contributed by atoms with E-state index in [0.29, 0.717) is 0 Å². The van der Waals surface area contributed by atoms with Crippen molar-refractivity contribution in [2.24, 2.45) is 0 Å². The summed E-state index contributed by atoms with van der Waals surface area (Å²) in [5, 5.41) is 3.65. The Bertz CT molecular complexity index is 1110. The van der Waals surface area contributed by atoms with Gasteiger partial charge in [0.25, 0.3) is 0 Å². The van der Waals surface area contributed by atoms with Gasteiger partial charge in [0.1, 0.15) is 5.01 Å². The van der Waals surface area contributed by atoms with E-state index in [1.807, 2.05) is 0 Å². The summed E-state index contributed by atoms with van der Waals surface area (Å²) in [6.07, 6.45) is 0. The first-order chi connectivity index (χ1) is 11.4. The van der Waals surface area contributed by atoms with Crippen LogP contribution in [0.25, 0.3) is 42.7 Å². The maximum Gasteiger partial charge on any atom is 0.125 e. The molecule has 2 aliphatic heterocycles. The molecule has 23 heavy (non-hydrogen) atoms. The standard InChI is InChI=1S/C21H13NS/c1-2-8-14(9-3-1)19-16-11-5-7-13-18(16)23-21-20(19)15-10-4-6-12-17(15)22-21/h1-13H. The summed E-state index contributed by atoms with van der Waals surface area (Å²) in [6, 6.07) is 27.7. The lowest BCUT2D eigenvalue weighted by molar-refractivity contribution is 1.52. The topological polar surface area (TPSA) is 12.9 Å². The molecule has 2 heterocycles. The van der Waals surface area contributed by atoms with Crippen molar-refractivity contribution in [3.8, 4) is 21.7 Å². The van der Waals surface area contributed by atoms with E-state index in [4.69, 9.17) is 4.98 Å². The molecule has 0 N–H and O–H groups in total. The second-order valence-electron chi connectivity index (χ2n) is 5.65. The highest BCUT2D eigenvalue weighted by Gasteiger charge is 2.20. The molecular weight excluding hydrogens is 298 g/mol. The first kappa shape index (κ1) is 12.8. The van der Waals surface area contributed by atoms with E-state index >= 15 is 0 Å². The Morgan fingerprint density at radius 1 is 0.609 bits per heavy atom. The van der Waals surface area contributed by atoms with Crippen molar-refractivity contribution in [2.45, 2.75) is 0 Å². The lowest BCUT2D eigenvalue weighted by Gasteiger charge is -2.12. The number of benzene rings is 3. The van der Waals surface area contributed by atoms with Crippen molar-refractivity contribution in [1.82, 2.24) is 4.98 Å². The van der Waals surface area contributed by atoms with Gasteiger partial charge in [-0.2, -0.15) is 0 Å². The van der Waals surface area contributed by atoms with Gasteiger partial charge in [-0.3, -0.25) is 0 Å². The number of rotatable bonds is 1. The summed E-state index contributed by atoms with van der Waals surface area (Å²) >= 11 is 1.77. The van der Waals surface area contributed by atoms with E-state index < -0.39 is 0 Å². The molecule has 0 amide bonds. The van der Waals surface area contributed by atoms with Gasteiger partial charge >= 0.3 is 0 Å². The summed E-state index contributed by atoms with van der Waals surface area (Å²) < 4.78 is 1.28. The number of hydrogen-bond acceptors (Lipinski definition) is 2. The Kier molecular flexibility index (Phi) is 2.73. The third-order valence-electron chi connectivity index (χ3n) is 4.28. The van der Waals surface area contributed by atoms with Crippen LogP contribution in [0.1, 0.15) is 0 Å². The predicted octanol–water partition coefficient (Wildman–Crippen LogP) is 6.22. The number of para-hydroxylation sites is 1. The van der Waals surface area contributed by atoms with Gasteiger partial charge in [-0.05, 0) is 17.7 Å². The van der Waals surface area contributed by atoms with Crippen LogP contribution in [0.4, 0.5) is 0 Å². The first-order valence-corrected chi connectivity index (χ1v) is 8.49. The molecule has 0 radical (unpaired) electrons. The zero-order valence-electron chi connectivity index (χ0n) is 12.4. The molecule has 0 fully saturated rings. The van der Waals surface area contributed by atoms with E-state index in [1.54, 1.807) is 11.3 Å². The van der Waals surface area contributed by atoms with Gasteiger partial charge < -0.3 is 0 Å². The molecule has 5 rings (SSSR count). The van der Waals surface area contributed by atoms with E-state index in [0.717, 1.165) is 10.5 Å². The second kappa shape index (κ2) is 4.90. The van der Waals surface area contributed by atoms with Crippen LogP contribution in [0.2, 0.25) is 0 Å². The highest BCUT2D eigenvalue weighted by Crippen LogP contribution is 2.46. The van der Waals surface area contributed by atoms with Crippen molar-refractivity contribution in [3.05, 3.63) is 78.9 Å². The zero-order chi connectivity index (χ0) is 15.2. The Hall–Kier alpha value is -2.71. The zero-order valence-corrected chi connectivity index (χ0v) is 13.2. The monoisotopic (exact) mass is 311 g/mol. The molecule has 0 bridgehead atoms. The number of hydrogen-bond donors (Lipinski definition) is 0. The molecule has 0 atom stereocenters. The fourth-order valence-corrected chi connectivity index (χ4v) is 4.38. The van der Waals surface area contributed by atoms with Crippen LogP contribution in [-0.4, -0.2) is 4.98 Å². The highest BCUT2D eigenvalue weighted by molar-refractivity contribution is 7.21. The van der Waals surface area contributed by atoms with Crippen LogP contribution >= 0.6 is 11.3 Å². The third-order valence-corrected chi connectivity index (χ3v) is 5.35. The molecule has 1 nitrogen and oxygen atoms in total. The third kappa shape index (κ3) is 1.89. The molecule has 0 saturated carbocycles. The minimum absolute atomic E-state index is 1.08. The molecule has 2 aliphatic rings. The smallest absolute Gasteiger partial charge is 0.125 e. The highest BCUT2D eigenvalue weighted by atomic mass is 32.1. The average Bonchev–Trinajstić information content (AvgIpc) is 2.98. The van der Waals surface area contributed by atoms with Crippen molar-refractivity contribution in [3.63, 3.8) is 0 Å². The molecule has 0 unspecified atom stereocenters. The summed E-state index contributed by atoms with van der Waals surface area (Å²) in [5.41, 5.74) is 4.89. The Balaban J connectivity index is 2.06. The Morgan fingerprint density at radius 3 is 2.17 bits per heavy atom. The molecule has 0 spiro atoms. The summed E-state index contributed by atoms with van der Waals surface area (Å²) in [5.74, 6) is 0. The Labute approximate surface area is 138 Å².